The van der Waals surface area contributed by atoms with Gasteiger partial charge >= 0.3 is 0 Å². The average molecular weight is 286 g/mol. The molecule has 2 rings (SSSR count). The Hall–Kier alpha value is 0.230. The van der Waals surface area contributed by atoms with Crippen LogP contribution >= 0.6 is 11.8 Å². The summed E-state index contributed by atoms with van der Waals surface area (Å²) in [6, 6.07) is 0.558. The number of nitrogens with zero attached hydrogens (tertiary/aromatic N) is 1. The second-order valence-corrected chi connectivity index (χ2v) is 8.67. The number of thioether (sulfide) groups is 1. The summed E-state index contributed by atoms with van der Waals surface area (Å²) in [5, 5.41) is 3.48. The molecule has 0 radical (unpaired) electrons. The van der Waals surface area contributed by atoms with Crippen LogP contribution < -0.4 is 5.32 Å². The van der Waals surface area contributed by atoms with E-state index in [0.717, 1.165) is 13.1 Å². The van der Waals surface area contributed by atoms with Gasteiger partial charge in [0.2, 0.25) is 0 Å². The first-order valence-corrected chi connectivity index (χ1v) is 8.68. The van der Waals surface area contributed by atoms with Crippen LogP contribution in [0.25, 0.3) is 0 Å². The molecule has 2 aliphatic rings. The topological polar surface area (TPSA) is 24.5 Å². The zero-order chi connectivity index (χ0) is 13.9. The van der Waals surface area contributed by atoms with Gasteiger partial charge in [-0.05, 0) is 26.7 Å². The van der Waals surface area contributed by atoms with Crippen molar-refractivity contribution in [3.63, 3.8) is 0 Å². The molecule has 2 fully saturated rings. The Morgan fingerprint density at radius 1 is 1.32 bits per heavy atom. The normalized spacial score (nSPS) is 32.1. The molecule has 0 saturated carbocycles. The Bertz CT molecular complexity index is 283. The summed E-state index contributed by atoms with van der Waals surface area (Å²) < 4.78 is 6.58. The Morgan fingerprint density at radius 3 is 2.74 bits per heavy atom. The highest BCUT2D eigenvalue weighted by Gasteiger charge is 2.31. The predicted molar refractivity (Wildman–Crippen MR) is 84.0 cm³/mol. The maximum atomic E-state index is 6.17. The molecule has 19 heavy (non-hydrogen) atoms. The SMILES string of the molecule is CC(C)NCC1CCC(CN2CCSC(C)(C)C2)O1. The minimum atomic E-state index is 0.412. The number of hydrogen-bond donors (Lipinski definition) is 1. The number of hydrogen-bond acceptors (Lipinski definition) is 4. The molecule has 0 spiro atoms. The number of nitrogens with one attached hydrogen (secondary N) is 1. The largest absolute Gasteiger partial charge is 0.372 e. The minimum Gasteiger partial charge on any atom is -0.372 e. The van der Waals surface area contributed by atoms with Gasteiger partial charge in [-0.3, -0.25) is 4.90 Å². The molecule has 2 aliphatic heterocycles. The van der Waals surface area contributed by atoms with E-state index in [1.54, 1.807) is 0 Å². The van der Waals surface area contributed by atoms with Gasteiger partial charge in [-0.25, -0.2) is 0 Å². The highest BCUT2D eigenvalue weighted by atomic mass is 32.2. The van der Waals surface area contributed by atoms with Crippen molar-refractivity contribution in [2.45, 2.75) is 63.5 Å². The zero-order valence-corrected chi connectivity index (χ0v) is 13.8. The zero-order valence-electron chi connectivity index (χ0n) is 12.9. The molecular formula is C15H30N2OS. The summed E-state index contributed by atoms with van der Waals surface area (Å²) in [6.45, 7) is 13.7. The van der Waals surface area contributed by atoms with Gasteiger partial charge in [0.15, 0.2) is 0 Å². The van der Waals surface area contributed by atoms with Gasteiger partial charge in [0.25, 0.3) is 0 Å². The first-order valence-electron chi connectivity index (χ1n) is 7.70. The molecule has 0 bridgehead atoms. The van der Waals surface area contributed by atoms with Crippen molar-refractivity contribution >= 4 is 11.8 Å². The molecule has 0 amide bonds. The van der Waals surface area contributed by atoms with Crippen LogP contribution in [0.3, 0.4) is 0 Å². The van der Waals surface area contributed by atoms with Gasteiger partial charge in [0.05, 0.1) is 12.2 Å². The highest BCUT2D eigenvalue weighted by molar-refractivity contribution is 8.00. The molecule has 0 aromatic carbocycles. The molecule has 0 aromatic rings. The fourth-order valence-corrected chi connectivity index (χ4v) is 4.17. The fraction of sp³-hybridized carbons (Fsp3) is 1.00. The summed E-state index contributed by atoms with van der Waals surface area (Å²) in [6.07, 6.45) is 3.34. The summed E-state index contributed by atoms with van der Waals surface area (Å²) in [5.74, 6) is 1.26. The molecule has 112 valence electrons. The molecule has 0 aromatic heterocycles. The van der Waals surface area contributed by atoms with Crippen LogP contribution in [0.4, 0.5) is 0 Å². The van der Waals surface area contributed by atoms with E-state index >= 15 is 0 Å². The third kappa shape index (κ3) is 5.25. The average Bonchev–Trinajstić information content (AvgIpc) is 2.73. The molecular weight excluding hydrogens is 256 g/mol. The summed E-state index contributed by atoms with van der Waals surface area (Å²) in [7, 11) is 0. The van der Waals surface area contributed by atoms with E-state index in [1.165, 1.54) is 31.7 Å². The van der Waals surface area contributed by atoms with Crippen molar-refractivity contribution in [1.29, 1.82) is 0 Å². The van der Waals surface area contributed by atoms with Crippen molar-refractivity contribution < 1.29 is 4.74 Å². The lowest BCUT2D eigenvalue weighted by molar-refractivity contribution is 0.0219. The van der Waals surface area contributed by atoms with Crippen LogP contribution in [-0.4, -0.2) is 59.8 Å². The minimum absolute atomic E-state index is 0.412. The van der Waals surface area contributed by atoms with Gasteiger partial charge in [0, 0.05) is 42.7 Å². The highest BCUT2D eigenvalue weighted by Crippen LogP contribution is 2.30. The number of ether oxygens (including phenoxy) is 1. The van der Waals surface area contributed by atoms with E-state index in [9.17, 15) is 0 Å². The summed E-state index contributed by atoms with van der Waals surface area (Å²) >= 11 is 2.10. The van der Waals surface area contributed by atoms with Crippen molar-refractivity contribution in [2.75, 3.05) is 31.9 Å². The predicted octanol–water partition coefficient (Wildman–Crippen LogP) is 2.36. The lowest BCUT2D eigenvalue weighted by atomic mass is 10.1. The second kappa shape index (κ2) is 6.79. The molecule has 2 heterocycles. The first-order chi connectivity index (χ1) is 8.94. The van der Waals surface area contributed by atoms with Crippen molar-refractivity contribution in [2.24, 2.45) is 0 Å². The molecule has 0 aliphatic carbocycles. The molecule has 2 unspecified atom stereocenters. The van der Waals surface area contributed by atoms with Gasteiger partial charge in [-0.2, -0.15) is 11.8 Å². The Labute approximate surface area is 122 Å². The number of rotatable bonds is 5. The van der Waals surface area contributed by atoms with Crippen molar-refractivity contribution in [3.8, 4) is 0 Å². The Morgan fingerprint density at radius 2 is 2.05 bits per heavy atom. The monoisotopic (exact) mass is 286 g/mol. The standard InChI is InChI=1S/C15H30N2OS/c1-12(2)16-9-13-5-6-14(18-13)10-17-7-8-19-15(3,4)11-17/h12-14,16H,5-11H2,1-4H3. The maximum Gasteiger partial charge on any atom is 0.0707 e. The van der Waals surface area contributed by atoms with Crippen molar-refractivity contribution in [3.05, 3.63) is 0 Å². The molecule has 4 heteroatoms. The lowest BCUT2D eigenvalue weighted by Crippen LogP contribution is -2.46. The third-order valence-electron chi connectivity index (χ3n) is 3.92. The smallest absolute Gasteiger partial charge is 0.0707 e. The van der Waals surface area contributed by atoms with Gasteiger partial charge in [-0.1, -0.05) is 13.8 Å². The van der Waals surface area contributed by atoms with Crippen LogP contribution in [0, 0.1) is 0 Å². The maximum absolute atomic E-state index is 6.17. The molecule has 1 N–H and O–H groups in total. The van der Waals surface area contributed by atoms with Crippen molar-refractivity contribution in [1.82, 2.24) is 10.2 Å². The van der Waals surface area contributed by atoms with E-state index < -0.39 is 0 Å². The third-order valence-corrected chi connectivity index (χ3v) is 5.21. The van der Waals surface area contributed by atoms with Gasteiger partial charge in [0.1, 0.15) is 0 Å². The van der Waals surface area contributed by atoms with Crippen LogP contribution in [0.2, 0.25) is 0 Å². The Kier molecular flexibility index (Phi) is 5.58. The van der Waals surface area contributed by atoms with E-state index in [2.05, 4.69) is 49.7 Å². The summed E-state index contributed by atoms with van der Waals surface area (Å²) in [5.41, 5.74) is 0. The van der Waals surface area contributed by atoms with E-state index in [4.69, 9.17) is 4.74 Å². The van der Waals surface area contributed by atoms with E-state index in [0.29, 0.717) is 23.0 Å². The molecule has 3 nitrogen and oxygen atoms in total. The first kappa shape index (κ1) is 15.6. The van der Waals surface area contributed by atoms with Gasteiger partial charge < -0.3 is 10.1 Å². The van der Waals surface area contributed by atoms with Gasteiger partial charge in [-0.15, -0.1) is 0 Å². The molecule has 2 atom stereocenters. The second-order valence-electron chi connectivity index (χ2n) is 6.86. The van der Waals surface area contributed by atoms with Crippen LogP contribution in [0.5, 0.6) is 0 Å². The Balaban J connectivity index is 1.70. The fourth-order valence-electron chi connectivity index (χ4n) is 2.99. The van der Waals surface area contributed by atoms with Crippen LogP contribution in [-0.2, 0) is 4.74 Å². The van der Waals surface area contributed by atoms with Crippen LogP contribution in [0.15, 0.2) is 0 Å². The lowest BCUT2D eigenvalue weighted by Gasteiger charge is -2.38. The quantitative estimate of drug-likeness (QED) is 0.838. The van der Waals surface area contributed by atoms with E-state index in [1.807, 2.05) is 0 Å². The van der Waals surface area contributed by atoms with E-state index in [-0.39, 0.29) is 0 Å². The molecule has 2 saturated heterocycles. The van der Waals surface area contributed by atoms with Crippen LogP contribution in [0.1, 0.15) is 40.5 Å². The summed E-state index contributed by atoms with van der Waals surface area (Å²) in [4.78, 5) is 2.60.